The number of nitrogens with zero attached hydrogens (tertiary/aromatic N) is 1. The SMILES string of the molecule is O=S(=O)(c1cccc(C[NH+](Cc2ccccc2F)C2CC2)c1)N1CCOCC1. The van der Waals surface area contributed by atoms with Gasteiger partial charge in [-0.05, 0) is 18.2 Å². The maximum Gasteiger partial charge on any atom is 0.243 e. The number of morpholine rings is 1. The molecule has 0 bridgehead atoms. The minimum atomic E-state index is -3.51. The van der Waals surface area contributed by atoms with E-state index in [2.05, 4.69) is 0 Å². The van der Waals surface area contributed by atoms with Crippen LogP contribution in [0.2, 0.25) is 0 Å². The van der Waals surface area contributed by atoms with Gasteiger partial charge in [-0.25, -0.2) is 12.8 Å². The molecule has 2 aliphatic rings. The first-order valence-corrected chi connectivity index (χ1v) is 11.2. The molecule has 1 unspecified atom stereocenters. The summed E-state index contributed by atoms with van der Waals surface area (Å²) in [6.45, 7) is 2.93. The second-order valence-corrected chi connectivity index (χ2v) is 9.48. The van der Waals surface area contributed by atoms with Gasteiger partial charge in [-0.15, -0.1) is 0 Å². The van der Waals surface area contributed by atoms with E-state index >= 15 is 0 Å². The second kappa shape index (κ2) is 8.29. The van der Waals surface area contributed by atoms with Crippen molar-refractivity contribution < 1.29 is 22.4 Å². The quantitative estimate of drug-likeness (QED) is 0.761. The Bertz CT molecular complexity index is 925. The van der Waals surface area contributed by atoms with E-state index < -0.39 is 10.0 Å². The number of benzene rings is 2. The molecule has 1 aliphatic carbocycles. The Labute approximate surface area is 165 Å². The van der Waals surface area contributed by atoms with Gasteiger partial charge in [0.15, 0.2) is 0 Å². The highest BCUT2D eigenvalue weighted by Crippen LogP contribution is 2.20. The summed E-state index contributed by atoms with van der Waals surface area (Å²) in [6.07, 6.45) is 2.27. The third kappa shape index (κ3) is 4.43. The van der Waals surface area contributed by atoms with Crippen molar-refractivity contribution in [3.05, 3.63) is 65.5 Å². The standard InChI is InChI=1S/C21H25FN2O3S/c22-21-7-2-1-5-18(21)16-23(19-8-9-19)15-17-4-3-6-20(14-17)28(25,26)24-10-12-27-13-11-24/h1-7,14,19H,8-13,15-16H2/p+1. The molecule has 1 N–H and O–H groups in total. The summed E-state index contributed by atoms with van der Waals surface area (Å²) in [5.41, 5.74) is 1.68. The summed E-state index contributed by atoms with van der Waals surface area (Å²) in [6, 6.07) is 14.6. The van der Waals surface area contributed by atoms with Crippen LogP contribution in [0.25, 0.3) is 0 Å². The zero-order valence-corrected chi connectivity index (χ0v) is 16.6. The van der Waals surface area contributed by atoms with E-state index in [0.29, 0.717) is 55.9 Å². The molecule has 2 fully saturated rings. The summed E-state index contributed by atoms with van der Waals surface area (Å²) < 4.78 is 46.7. The summed E-state index contributed by atoms with van der Waals surface area (Å²) in [5.74, 6) is -0.177. The summed E-state index contributed by atoms with van der Waals surface area (Å²) in [7, 11) is -3.51. The van der Waals surface area contributed by atoms with Crippen LogP contribution in [0.3, 0.4) is 0 Å². The molecule has 0 spiro atoms. The topological polar surface area (TPSA) is 51.0 Å². The second-order valence-electron chi connectivity index (χ2n) is 7.54. The molecule has 4 rings (SSSR count). The molecule has 0 aromatic heterocycles. The number of halogens is 1. The third-order valence-corrected chi connectivity index (χ3v) is 7.36. The Balaban J connectivity index is 1.52. The molecular formula is C21H26FN2O3S+. The number of hydrogen-bond acceptors (Lipinski definition) is 3. The average Bonchev–Trinajstić information content (AvgIpc) is 3.55. The van der Waals surface area contributed by atoms with Gasteiger partial charge in [-0.1, -0.05) is 30.3 Å². The van der Waals surface area contributed by atoms with E-state index in [9.17, 15) is 12.8 Å². The lowest BCUT2D eigenvalue weighted by atomic mass is 10.1. The number of rotatable bonds is 7. The highest BCUT2D eigenvalue weighted by molar-refractivity contribution is 7.89. The van der Waals surface area contributed by atoms with Gasteiger partial charge in [0.2, 0.25) is 10.0 Å². The minimum Gasteiger partial charge on any atom is -0.379 e. The van der Waals surface area contributed by atoms with E-state index in [-0.39, 0.29) is 5.82 Å². The van der Waals surface area contributed by atoms with Gasteiger partial charge in [-0.3, -0.25) is 0 Å². The van der Waals surface area contributed by atoms with Crippen molar-refractivity contribution in [2.75, 3.05) is 26.3 Å². The van der Waals surface area contributed by atoms with Crippen molar-refractivity contribution in [3.63, 3.8) is 0 Å². The fourth-order valence-corrected chi connectivity index (χ4v) is 5.22. The Kier molecular flexibility index (Phi) is 5.78. The lowest BCUT2D eigenvalue weighted by Crippen LogP contribution is -3.10. The van der Waals surface area contributed by atoms with E-state index in [1.807, 2.05) is 18.2 Å². The monoisotopic (exact) mass is 405 g/mol. The van der Waals surface area contributed by atoms with E-state index in [1.165, 1.54) is 15.3 Å². The van der Waals surface area contributed by atoms with Crippen LogP contribution in [0.1, 0.15) is 24.0 Å². The van der Waals surface area contributed by atoms with Crippen LogP contribution >= 0.6 is 0 Å². The highest BCUT2D eigenvalue weighted by atomic mass is 32.2. The van der Waals surface area contributed by atoms with Crippen LogP contribution in [0, 0.1) is 5.82 Å². The first-order chi connectivity index (χ1) is 13.5. The summed E-state index contributed by atoms with van der Waals surface area (Å²) in [4.78, 5) is 1.61. The molecule has 1 aliphatic heterocycles. The predicted octanol–water partition coefficient (Wildman–Crippen LogP) is 1.59. The van der Waals surface area contributed by atoms with Gasteiger partial charge in [-0.2, -0.15) is 4.31 Å². The van der Waals surface area contributed by atoms with Crippen LogP contribution in [0.4, 0.5) is 4.39 Å². The molecule has 7 heteroatoms. The van der Waals surface area contributed by atoms with Crippen LogP contribution in [-0.2, 0) is 27.8 Å². The first-order valence-electron chi connectivity index (χ1n) is 9.79. The van der Waals surface area contributed by atoms with Crippen molar-refractivity contribution in [3.8, 4) is 0 Å². The van der Waals surface area contributed by atoms with Gasteiger partial charge in [0.1, 0.15) is 18.9 Å². The summed E-state index contributed by atoms with van der Waals surface area (Å²) in [5, 5.41) is 0. The van der Waals surface area contributed by atoms with Crippen molar-refractivity contribution in [1.29, 1.82) is 0 Å². The Morgan fingerprint density at radius 1 is 1.04 bits per heavy atom. The van der Waals surface area contributed by atoms with E-state index in [1.54, 1.807) is 24.3 Å². The molecule has 150 valence electrons. The van der Waals surface area contributed by atoms with Crippen molar-refractivity contribution in [2.24, 2.45) is 0 Å². The fourth-order valence-electron chi connectivity index (χ4n) is 3.74. The summed E-state index contributed by atoms with van der Waals surface area (Å²) >= 11 is 0. The maximum atomic E-state index is 14.1. The molecule has 28 heavy (non-hydrogen) atoms. The number of hydrogen-bond donors (Lipinski definition) is 1. The highest BCUT2D eigenvalue weighted by Gasteiger charge is 2.34. The van der Waals surface area contributed by atoms with Crippen molar-refractivity contribution in [1.82, 2.24) is 4.31 Å². The number of ether oxygens (including phenoxy) is 1. The molecule has 1 heterocycles. The van der Waals surface area contributed by atoms with Gasteiger partial charge < -0.3 is 9.64 Å². The average molecular weight is 406 g/mol. The van der Waals surface area contributed by atoms with E-state index in [0.717, 1.165) is 18.4 Å². The zero-order valence-electron chi connectivity index (χ0n) is 15.8. The van der Waals surface area contributed by atoms with Gasteiger partial charge in [0, 0.05) is 37.1 Å². The number of quaternary nitrogens is 1. The Morgan fingerprint density at radius 3 is 2.50 bits per heavy atom. The van der Waals surface area contributed by atoms with Gasteiger partial charge in [0.25, 0.3) is 0 Å². The van der Waals surface area contributed by atoms with Crippen LogP contribution in [-0.4, -0.2) is 45.1 Å². The lowest BCUT2D eigenvalue weighted by Gasteiger charge is -2.26. The fraction of sp³-hybridized carbons (Fsp3) is 0.429. The normalized spacial score (nSPS) is 19.5. The van der Waals surface area contributed by atoms with Crippen LogP contribution in [0.5, 0.6) is 0 Å². The van der Waals surface area contributed by atoms with Gasteiger partial charge in [0.05, 0.1) is 24.2 Å². The molecule has 0 amide bonds. The molecule has 1 saturated heterocycles. The van der Waals surface area contributed by atoms with Crippen LogP contribution < -0.4 is 4.90 Å². The maximum absolute atomic E-state index is 14.1. The van der Waals surface area contributed by atoms with E-state index in [4.69, 9.17) is 4.74 Å². The predicted molar refractivity (Wildman–Crippen MR) is 104 cm³/mol. The minimum absolute atomic E-state index is 0.177. The molecule has 2 aromatic carbocycles. The third-order valence-electron chi connectivity index (χ3n) is 5.47. The Morgan fingerprint density at radius 2 is 1.79 bits per heavy atom. The lowest BCUT2D eigenvalue weighted by molar-refractivity contribution is -0.938. The van der Waals surface area contributed by atoms with Crippen LogP contribution in [0.15, 0.2) is 53.4 Å². The molecule has 5 nitrogen and oxygen atoms in total. The molecule has 1 saturated carbocycles. The molecule has 2 aromatic rings. The van der Waals surface area contributed by atoms with Crippen molar-refractivity contribution >= 4 is 10.0 Å². The van der Waals surface area contributed by atoms with Crippen molar-refractivity contribution in [2.45, 2.75) is 36.9 Å². The Hall–Kier alpha value is -1.80. The number of sulfonamides is 1. The molecule has 1 atom stereocenters. The van der Waals surface area contributed by atoms with Gasteiger partial charge >= 0.3 is 0 Å². The molecular weight excluding hydrogens is 379 g/mol. The zero-order chi connectivity index (χ0) is 19.6. The smallest absolute Gasteiger partial charge is 0.243 e. The largest absolute Gasteiger partial charge is 0.379 e. The first kappa shape index (κ1) is 19.5. The molecule has 0 radical (unpaired) electrons. The number of nitrogens with one attached hydrogen (secondary N) is 1.